The number of ether oxygens (including phenoxy) is 2. The van der Waals surface area contributed by atoms with E-state index in [4.69, 9.17) is 9.47 Å². The number of piperidine rings is 1. The lowest BCUT2D eigenvalue weighted by molar-refractivity contribution is 0.136. The lowest BCUT2D eigenvalue weighted by atomic mass is 10.1. The topological polar surface area (TPSA) is 68.7 Å². The van der Waals surface area contributed by atoms with Crippen LogP contribution in [0.4, 0.5) is 0 Å². The van der Waals surface area contributed by atoms with Gasteiger partial charge in [-0.25, -0.2) is 8.42 Å². The first-order chi connectivity index (χ1) is 13.6. The second kappa shape index (κ2) is 7.77. The average molecular weight is 398 g/mol. The van der Waals surface area contributed by atoms with Crippen LogP contribution in [0.25, 0.3) is 10.9 Å². The Hall–Kier alpha value is -2.64. The zero-order chi connectivity index (χ0) is 19.6. The van der Waals surface area contributed by atoms with Gasteiger partial charge in [0.25, 0.3) is 0 Å². The van der Waals surface area contributed by atoms with Gasteiger partial charge in [-0.15, -0.1) is 0 Å². The molecule has 1 aliphatic rings. The molecule has 0 atom stereocenters. The van der Waals surface area contributed by atoms with Crippen molar-refractivity contribution in [2.75, 3.05) is 20.2 Å². The Kier molecular flexibility index (Phi) is 5.19. The summed E-state index contributed by atoms with van der Waals surface area (Å²) in [5.41, 5.74) is 0.832. The minimum absolute atomic E-state index is 0.0325. The van der Waals surface area contributed by atoms with Crippen molar-refractivity contribution in [3.8, 4) is 11.5 Å². The first kappa shape index (κ1) is 18.7. The molecule has 146 valence electrons. The summed E-state index contributed by atoms with van der Waals surface area (Å²) in [6.45, 7) is 0.856. The zero-order valence-corrected chi connectivity index (χ0v) is 16.4. The molecule has 2 heterocycles. The number of pyridine rings is 1. The second-order valence-corrected chi connectivity index (χ2v) is 8.67. The van der Waals surface area contributed by atoms with Gasteiger partial charge in [0.15, 0.2) is 0 Å². The van der Waals surface area contributed by atoms with Crippen LogP contribution < -0.4 is 9.47 Å². The quantitative estimate of drug-likeness (QED) is 0.658. The summed E-state index contributed by atoms with van der Waals surface area (Å²) < 4.78 is 38.5. The molecule has 2 aromatic carbocycles. The molecule has 0 unspecified atom stereocenters. The third-order valence-electron chi connectivity index (χ3n) is 4.99. The molecule has 0 bridgehead atoms. The van der Waals surface area contributed by atoms with Crippen molar-refractivity contribution in [1.82, 2.24) is 9.29 Å². The van der Waals surface area contributed by atoms with Gasteiger partial charge in [0, 0.05) is 24.7 Å². The Morgan fingerprint density at radius 3 is 2.43 bits per heavy atom. The fourth-order valence-corrected chi connectivity index (χ4v) is 4.91. The van der Waals surface area contributed by atoms with Crippen molar-refractivity contribution in [2.24, 2.45) is 0 Å². The fourth-order valence-electron chi connectivity index (χ4n) is 3.44. The Bertz CT molecular complexity index is 1050. The number of sulfonamides is 1. The molecule has 0 radical (unpaired) electrons. The Balaban J connectivity index is 1.44. The van der Waals surface area contributed by atoms with Gasteiger partial charge in [0.1, 0.15) is 23.1 Å². The van der Waals surface area contributed by atoms with Crippen molar-refractivity contribution in [3.63, 3.8) is 0 Å². The average Bonchev–Trinajstić information content (AvgIpc) is 2.74. The molecular formula is C21H22N2O4S. The van der Waals surface area contributed by atoms with E-state index in [-0.39, 0.29) is 11.0 Å². The highest BCUT2D eigenvalue weighted by atomic mass is 32.2. The molecule has 0 saturated carbocycles. The van der Waals surface area contributed by atoms with Crippen molar-refractivity contribution >= 4 is 20.9 Å². The second-order valence-electron chi connectivity index (χ2n) is 6.73. The maximum Gasteiger partial charge on any atom is 0.243 e. The minimum Gasteiger partial charge on any atom is -0.497 e. The number of nitrogens with zero attached hydrogens (tertiary/aromatic N) is 2. The van der Waals surface area contributed by atoms with Gasteiger partial charge in [0.05, 0.1) is 12.0 Å². The van der Waals surface area contributed by atoms with Gasteiger partial charge >= 0.3 is 0 Å². The lowest BCUT2D eigenvalue weighted by Crippen LogP contribution is -2.41. The molecule has 0 aliphatic carbocycles. The van der Waals surface area contributed by atoms with Crippen LogP contribution in [-0.4, -0.2) is 44.0 Å². The summed E-state index contributed by atoms with van der Waals surface area (Å²) in [5, 5.41) is 1.03. The minimum atomic E-state index is -3.51. The predicted molar refractivity (Wildman–Crippen MR) is 107 cm³/mol. The van der Waals surface area contributed by atoms with Gasteiger partial charge in [-0.1, -0.05) is 18.2 Å². The molecule has 3 aromatic rings. The number of aromatic nitrogens is 1. The third-order valence-corrected chi connectivity index (χ3v) is 6.90. The van der Waals surface area contributed by atoms with E-state index in [2.05, 4.69) is 4.98 Å². The monoisotopic (exact) mass is 398 g/mol. The maximum absolute atomic E-state index is 12.9. The van der Waals surface area contributed by atoms with Crippen LogP contribution in [0.5, 0.6) is 11.5 Å². The summed E-state index contributed by atoms with van der Waals surface area (Å²) in [6.07, 6.45) is 2.99. The maximum atomic E-state index is 12.9. The highest BCUT2D eigenvalue weighted by molar-refractivity contribution is 7.89. The molecule has 1 saturated heterocycles. The van der Waals surface area contributed by atoms with Crippen LogP contribution in [-0.2, 0) is 10.0 Å². The van der Waals surface area contributed by atoms with Crippen LogP contribution in [0.1, 0.15) is 12.8 Å². The number of rotatable bonds is 5. The van der Waals surface area contributed by atoms with E-state index in [1.165, 1.54) is 4.31 Å². The van der Waals surface area contributed by atoms with E-state index in [9.17, 15) is 8.42 Å². The van der Waals surface area contributed by atoms with Crippen molar-refractivity contribution < 1.29 is 17.9 Å². The molecular weight excluding hydrogens is 376 g/mol. The molecule has 28 heavy (non-hydrogen) atoms. The van der Waals surface area contributed by atoms with E-state index >= 15 is 0 Å². The number of hydrogen-bond acceptors (Lipinski definition) is 5. The van der Waals surface area contributed by atoms with E-state index in [1.54, 1.807) is 37.6 Å². The highest BCUT2D eigenvalue weighted by Crippen LogP contribution is 2.28. The lowest BCUT2D eigenvalue weighted by Gasteiger charge is -2.31. The Labute approximate surface area is 164 Å². The summed E-state index contributed by atoms with van der Waals surface area (Å²) >= 11 is 0. The predicted octanol–water partition coefficient (Wildman–Crippen LogP) is 3.48. The van der Waals surface area contributed by atoms with E-state index in [0.29, 0.717) is 31.7 Å². The molecule has 6 nitrogen and oxygen atoms in total. The Morgan fingerprint density at radius 2 is 1.71 bits per heavy atom. The van der Waals surface area contributed by atoms with Gasteiger partial charge in [-0.05, 0) is 49.2 Å². The third kappa shape index (κ3) is 3.68. The standard InChI is InChI=1S/C21H22N2O4S/c1-26-17-7-9-19(10-8-17)28(24,25)23-14-11-18(12-15-23)27-20-6-2-4-16-5-3-13-22-21(16)20/h2-10,13,18H,11-12,14-15H2,1H3. The van der Waals surface area contributed by atoms with Crippen LogP contribution in [0.15, 0.2) is 65.7 Å². The summed E-state index contributed by atoms with van der Waals surface area (Å²) in [4.78, 5) is 4.70. The first-order valence-electron chi connectivity index (χ1n) is 9.22. The number of hydrogen-bond donors (Lipinski definition) is 0. The van der Waals surface area contributed by atoms with Crippen molar-refractivity contribution in [1.29, 1.82) is 0 Å². The first-order valence-corrected chi connectivity index (χ1v) is 10.7. The number of methoxy groups -OCH3 is 1. The largest absolute Gasteiger partial charge is 0.497 e. The summed E-state index contributed by atoms with van der Waals surface area (Å²) in [6, 6.07) is 16.2. The molecule has 0 spiro atoms. The fraction of sp³-hybridized carbons (Fsp3) is 0.286. The van der Waals surface area contributed by atoms with E-state index < -0.39 is 10.0 Å². The molecule has 4 rings (SSSR count). The van der Waals surface area contributed by atoms with E-state index in [0.717, 1.165) is 16.7 Å². The number of benzene rings is 2. The molecule has 1 aliphatic heterocycles. The van der Waals surface area contributed by atoms with Gasteiger partial charge in [-0.3, -0.25) is 4.98 Å². The van der Waals surface area contributed by atoms with E-state index in [1.807, 2.05) is 30.3 Å². The molecule has 1 aromatic heterocycles. The SMILES string of the molecule is COc1ccc(S(=O)(=O)N2CCC(Oc3cccc4cccnc34)CC2)cc1. The smallest absolute Gasteiger partial charge is 0.243 e. The molecule has 0 N–H and O–H groups in total. The normalized spacial score (nSPS) is 16.2. The van der Waals surface area contributed by atoms with Crippen LogP contribution >= 0.6 is 0 Å². The highest BCUT2D eigenvalue weighted by Gasteiger charge is 2.30. The summed E-state index contributed by atoms with van der Waals surface area (Å²) in [7, 11) is -1.95. The van der Waals surface area contributed by atoms with Gasteiger partial charge in [0.2, 0.25) is 10.0 Å². The van der Waals surface area contributed by atoms with Crippen molar-refractivity contribution in [2.45, 2.75) is 23.8 Å². The van der Waals surface area contributed by atoms with Crippen LogP contribution in [0, 0.1) is 0 Å². The Morgan fingerprint density at radius 1 is 1.00 bits per heavy atom. The zero-order valence-electron chi connectivity index (χ0n) is 15.6. The van der Waals surface area contributed by atoms with Gasteiger partial charge in [-0.2, -0.15) is 4.31 Å². The molecule has 1 fully saturated rings. The van der Waals surface area contributed by atoms with Crippen LogP contribution in [0.3, 0.4) is 0 Å². The van der Waals surface area contributed by atoms with Crippen molar-refractivity contribution in [3.05, 3.63) is 60.8 Å². The summed E-state index contributed by atoms with van der Waals surface area (Å²) in [5.74, 6) is 1.38. The molecule has 7 heteroatoms. The molecule has 0 amide bonds. The number of fused-ring (bicyclic) bond motifs is 1. The van der Waals surface area contributed by atoms with Gasteiger partial charge < -0.3 is 9.47 Å². The van der Waals surface area contributed by atoms with Crippen LogP contribution in [0.2, 0.25) is 0 Å². The number of para-hydroxylation sites is 1.